The van der Waals surface area contributed by atoms with E-state index in [0.717, 1.165) is 57.7 Å². The van der Waals surface area contributed by atoms with Gasteiger partial charge in [-0.25, -0.2) is 0 Å². The molecule has 0 atom stereocenters. The van der Waals surface area contributed by atoms with Gasteiger partial charge in [0.15, 0.2) is 0 Å². The lowest BCUT2D eigenvalue weighted by Crippen LogP contribution is -2.31. The number of aryl methyl sites for hydroxylation is 2. The van der Waals surface area contributed by atoms with Crippen molar-refractivity contribution in [3.63, 3.8) is 0 Å². The summed E-state index contributed by atoms with van der Waals surface area (Å²) in [5, 5.41) is 8.52. The Bertz CT molecular complexity index is 1060. The largest absolute Gasteiger partial charge is 0.326 e. The van der Waals surface area contributed by atoms with E-state index in [4.69, 9.17) is 4.84 Å². The number of carbonyl (C=O) groups is 1. The molecule has 3 heterocycles. The third-order valence-corrected chi connectivity index (χ3v) is 7.16. The van der Waals surface area contributed by atoms with Crippen molar-refractivity contribution in [3.8, 4) is 0 Å². The molecular weight excluding hydrogens is 406 g/mol. The molecule has 0 bridgehead atoms. The van der Waals surface area contributed by atoms with E-state index in [1.807, 2.05) is 0 Å². The van der Waals surface area contributed by atoms with Gasteiger partial charge in [-0.1, -0.05) is 18.2 Å². The molecule has 1 aromatic heterocycles. The van der Waals surface area contributed by atoms with Crippen molar-refractivity contribution < 1.29 is 9.63 Å². The molecule has 6 heteroatoms. The highest BCUT2D eigenvalue weighted by Crippen LogP contribution is 2.31. The molecular formula is C25H29N3O2S. The van der Waals surface area contributed by atoms with Crippen LogP contribution in [-0.4, -0.2) is 43.6 Å². The number of fused-ring (bicyclic) bond motifs is 2. The van der Waals surface area contributed by atoms with Crippen LogP contribution in [0.1, 0.15) is 30.4 Å². The zero-order valence-corrected chi connectivity index (χ0v) is 18.6. The molecule has 0 aliphatic carbocycles. The van der Waals surface area contributed by atoms with Gasteiger partial charge in [0.2, 0.25) is 5.91 Å². The molecule has 1 fully saturated rings. The minimum atomic E-state index is 0.136. The first-order valence-electron chi connectivity index (χ1n) is 11.3. The normalized spacial score (nSPS) is 17.4. The second-order valence-electron chi connectivity index (χ2n) is 8.38. The maximum absolute atomic E-state index is 11.6. The summed E-state index contributed by atoms with van der Waals surface area (Å²) >= 11 is 1.78. The fourth-order valence-electron chi connectivity index (χ4n) is 4.54. The number of rotatable bonds is 6. The maximum Gasteiger partial charge on any atom is 0.224 e. The van der Waals surface area contributed by atoms with Crippen LogP contribution in [0.5, 0.6) is 0 Å². The number of amides is 1. The molecule has 2 aromatic carbocycles. The Labute approximate surface area is 187 Å². The smallest absolute Gasteiger partial charge is 0.224 e. The van der Waals surface area contributed by atoms with E-state index < -0.39 is 0 Å². The van der Waals surface area contributed by atoms with Crippen LogP contribution in [0.3, 0.4) is 0 Å². The van der Waals surface area contributed by atoms with Crippen molar-refractivity contribution in [1.82, 2.24) is 4.90 Å². The van der Waals surface area contributed by atoms with E-state index in [0.29, 0.717) is 6.42 Å². The van der Waals surface area contributed by atoms with Gasteiger partial charge in [-0.2, -0.15) is 0 Å². The number of hydrogen-bond acceptors (Lipinski definition) is 5. The number of carbonyl (C=O) groups excluding carboxylic acids is 1. The van der Waals surface area contributed by atoms with Gasteiger partial charge in [0.05, 0.1) is 18.8 Å². The summed E-state index contributed by atoms with van der Waals surface area (Å²) in [6, 6.07) is 15.2. The number of thiophene rings is 1. The summed E-state index contributed by atoms with van der Waals surface area (Å²) in [7, 11) is 0. The molecule has 5 nitrogen and oxygen atoms in total. The molecule has 2 aliphatic heterocycles. The first-order valence-corrected chi connectivity index (χ1v) is 12.1. The highest BCUT2D eigenvalue weighted by atomic mass is 32.1. The number of unbranched alkanes of at least 4 members (excludes halogenated alkanes) is 1. The Kier molecular flexibility index (Phi) is 6.20. The molecule has 1 amide bonds. The lowest BCUT2D eigenvalue weighted by molar-refractivity contribution is -0.116. The summed E-state index contributed by atoms with van der Waals surface area (Å²) in [4.78, 5) is 20.2. The Hall–Kier alpha value is -2.41. The first-order chi connectivity index (χ1) is 15.3. The Morgan fingerprint density at radius 3 is 2.97 bits per heavy atom. The first kappa shape index (κ1) is 20.5. The van der Waals surface area contributed by atoms with Crippen LogP contribution in [0.15, 0.2) is 47.8 Å². The van der Waals surface area contributed by atoms with Gasteiger partial charge in [0.1, 0.15) is 0 Å². The second-order valence-corrected chi connectivity index (χ2v) is 9.33. The van der Waals surface area contributed by atoms with Crippen molar-refractivity contribution in [1.29, 1.82) is 0 Å². The van der Waals surface area contributed by atoms with E-state index in [9.17, 15) is 4.79 Å². The van der Waals surface area contributed by atoms with Gasteiger partial charge >= 0.3 is 0 Å². The highest BCUT2D eigenvalue weighted by molar-refractivity contribution is 7.17. The van der Waals surface area contributed by atoms with Gasteiger partial charge in [0.25, 0.3) is 0 Å². The van der Waals surface area contributed by atoms with E-state index in [2.05, 4.69) is 63.1 Å². The van der Waals surface area contributed by atoms with Crippen molar-refractivity contribution in [2.24, 2.45) is 0 Å². The van der Waals surface area contributed by atoms with Crippen molar-refractivity contribution >= 4 is 38.7 Å². The highest BCUT2D eigenvalue weighted by Gasteiger charge is 2.18. The molecule has 3 aromatic rings. The van der Waals surface area contributed by atoms with Crippen LogP contribution in [0.25, 0.3) is 10.1 Å². The lowest BCUT2D eigenvalue weighted by Gasteiger charge is -2.23. The molecule has 5 rings (SSSR count). The number of hydroxylamine groups is 1. The van der Waals surface area contributed by atoms with E-state index in [1.165, 1.54) is 33.3 Å². The lowest BCUT2D eigenvalue weighted by atomic mass is 9.99. The number of hydrogen-bond donors (Lipinski definition) is 1. The van der Waals surface area contributed by atoms with Crippen molar-refractivity contribution in [2.45, 2.75) is 32.1 Å². The molecule has 0 radical (unpaired) electrons. The van der Waals surface area contributed by atoms with Crippen LogP contribution in [-0.2, 0) is 22.5 Å². The third-order valence-electron chi connectivity index (χ3n) is 6.28. The van der Waals surface area contributed by atoms with Gasteiger partial charge in [0, 0.05) is 35.3 Å². The zero-order chi connectivity index (χ0) is 21.0. The molecule has 162 valence electrons. The third kappa shape index (κ3) is 4.76. The van der Waals surface area contributed by atoms with Gasteiger partial charge in [-0.05, 0) is 73.0 Å². The number of benzene rings is 2. The molecule has 0 saturated carbocycles. The van der Waals surface area contributed by atoms with Gasteiger partial charge < -0.3 is 5.32 Å². The second kappa shape index (κ2) is 9.39. The molecule has 1 N–H and O–H groups in total. The predicted molar refractivity (Wildman–Crippen MR) is 128 cm³/mol. The van der Waals surface area contributed by atoms with Crippen LogP contribution < -0.4 is 10.4 Å². The SMILES string of the molecule is O=C1CCc2ccc(CCCCN3CCON(c4cccc5sccc45)CC3)cc2N1. The zero-order valence-electron chi connectivity index (χ0n) is 17.8. The molecule has 0 unspecified atom stereocenters. The molecule has 0 spiro atoms. The summed E-state index contributed by atoms with van der Waals surface area (Å²) in [6.45, 7) is 4.71. The van der Waals surface area contributed by atoms with Crippen LogP contribution in [0.2, 0.25) is 0 Å². The van der Waals surface area contributed by atoms with Crippen molar-refractivity contribution in [3.05, 3.63) is 59.0 Å². The predicted octanol–water partition coefficient (Wildman–Crippen LogP) is 4.86. The molecule has 2 aliphatic rings. The topological polar surface area (TPSA) is 44.8 Å². The summed E-state index contributed by atoms with van der Waals surface area (Å²) < 4.78 is 1.31. The number of nitrogens with one attached hydrogen (secondary N) is 1. The summed E-state index contributed by atoms with van der Waals surface area (Å²) in [5.74, 6) is 0.136. The fourth-order valence-corrected chi connectivity index (χ4v) is 5.34. The molecule has 1 saturated heterocycles. The van der Waals surface area contributed by atoms with Crippen LogP contribution in [0, 0.1) is 0 Å². The van der Waals surface area contributed by atoms with Gasteiger partial charge in [-0.15, -0.1) is 11.3 Å². The molecule has 31 heavy (non-hydrogen) atoms. The summed E-state index contributed by atoms with van der Waals surface area (Å²) in [6.07, 6.45) is 4.84. The summed E-state index contributed by atoms with van der Waals surface area (Å²) in [5.41, 5.74) is 4.77. The fraction of sp³-hybridized carbons (Fsp3) is 0.400. The Morgan fingerprint density at radius 1 is 1.03 bits per heavy atom. The quantitative estimate of drug-likeness (QED) is 0.562. The number of nitrogens with zero attached hydrogens (tertiary/aromatic N) is 2. The Balaban J connectivity index is 1.10. The van der Waals surface area contributed by atoms with E-state index in [-0.39, 0.29) is 5.91 Å². The van der Waals surface area contributed by atoms with Gasteiger partial charge in [-0.3, -0.25) is 19.6 Å². The minimum absolute atomic E-state index is 0.136. The number of anilines is 2. The van der Waals surface area contributed by atoms with Crippen molar-refractivity contribution in [2.75, 3.05) is 43.2 Å². The minimum Gasteiger partial charge on any atom is -0.326 e. The van der Waals surface area contributed by atoms with E-state index >= 15 is 0 Å². The van der Waals surface area contributed by atoms with E-state index in [1.54, 1.807) is 11.3 Å². The average Bonchev–Trinajstić information content (AvgIpc) is 3.15. The Morgan fingerprint density at radius 2 is 2.00 bits per heavy atom. The maximum atomic E-state index is 11.6. The monoisotopic (exact) mass is 435 g/mol. The standard InChI is InChI=1S/C25H29N3O2S/c29-25-10-9-20-8-7-19(18-22(20)26-25)4-1-2-12-27-13-14-28(30-16-15-27)23-5-3-6-24-21(23)11-17-31-24/h3,5-8,11,17-18H,1-2,4,9-10,12-16H2,(H,26,29). The van der Waals surface area contributed by atoms with Crippen LogP contribution >= 0.6 is 11.3 Å². The average molecular weight is 436 g/mol. The van der Waals surface area contributed by atoms with Crippen LogP contribution in [0.4, 0.5) is 11.4 Å².